The molecule has 0 atom stereocenters. The zero-order valence-corrected chi connectivity index (χ0v) is 16.3. The van der Waals surface area contributed by atoms with E-state index in [1.165, 1.54) is 40.6 Å². The molecule has 0 aliphatic carbocycles. The summed E-state index contributed by atoms with van der Waals surface area (Å²) in [6.45, 7) is 0.197. The van der Waals surface area contributed by atoms with Crippen LogP contribution in [0.2, 0.25) is 0 Å². The van der Waals surface area contributed by atoms with E-state index in [1.807, 2.05) is 0 Å². The number of non-ortho nitro benzene ring substituents is 1. The Labute approximate surface area is 166 Å². The Bertz CT molecular complexity index is 1050. The molecule has 2 aromatic carbocycles. The fraction of sp³-hybridized carbons (Fsp3) is 0.278. The van der Waals surface area contributed by atoms with Crippen LogP contribution in [0.1, 0.15) is 10.4 Å². The average Bonchev–Trinajstić information content (AvgIpc) is 2.72. The Kier molecular flexibility index (Phi) is 5.80. The third kappa shape index (κ3) is 4.20. The fourth-order valence-corrected chi connectivity index (χ4v) is 4.51. The van der Waals surface area contributed by atoms with Gasteiger partial charge < -0.3 is 9.64 Å². The van der Waals surface area contributed by atoms with Crippen molar-refractivity contribution in [2.45, 2.75) is 4.90 Å². The Morgan fingerprint density at radius 3 is 2.41 bits per heavy atom. The molecule has 2 aromatic rings. The predicted molar refractivity (Wildman–Crippen MR) is 101 cm³/mol. The summed E-state index contributed by atoms with van der Waals surface area (Å²) in [4.78, 5) is 24.5. The second-order valence-corrected chi connectivity index (χ2v) is 8.23. The molecule has 1 fully saturated rings. The quantitative estimate of drug-likeness (QED) is 0.537. The van der Waals surface area contributed by atoms with Gasteiger partial charge in [0.2, 0.25) is 10.0 Å². The number of rotatable bonds is 5. The highest BCUT2D eigenvalue weighted by molar-refractivity contribution is 7.89. The monoisotopic (exact) mass is 423 g/mol. The molecule has 11 heteroatoms. The number of hydrogen-bond donors (Lipinski definition) is 0. The molecule has 0 unspecified atom stereocenters. The lowest BCUT2D eigenvalue weighted by molar-refractivity contribution is -0.384. The van der Waals surface area contributed by atoms with Crippen LogP contribution in [0.15, 0.2) is 47.4 Å². The number of piperazine rings is 1. The molecule has 1 saturated heterocycles. The minimum atomic E-state index is -3.89. The maximum Gasteiger partial charge on any atom is 0.270 e. The lowest BCUT2D eigenvalue weighted by Crippen LogP contribution is -2.50. The van der Waals surface area contributed by atoms with Crippen molar-refractivity contribution in [3.63, 3.8) is 0 Å². The first-order chi connectivity index (χ1) is 13.7. The van der Waals surface area contributed by atoms with Crippen molar-refractivity contribution in [3.05, 3.63) is 64.0 Å². The topological polar surface area (TPSA) is 110 Å². The molecule has 29 heavy (non-hydrogen) atoms. The minimum absolute atomic E-state index is 0.0157. The highest BCUT2D eigenvalue weighted by Crippen LogP contribution is 2.26. The van der Waals surface area contributed by atoms with Gasteiger partial charge in [0.05, 0.1) is 22.5 Å². The summed E-state index contributed by atoms with van der Waals surface area (Å²) < 4.78 is 45.0. The van der Waals surface area contributed by atoms with E-state index in [-0.39, 0.29) is 48.1 Å². The van der Waals surface area contributed by atoms with Gasteiger partial charge in [0.15, 0.2) is 0 Å². The fourth-order valence-electron chi connectivity index (χ4n) is 3.06. The molecule has 0 radical (unpaired) electrons. The Balaban J connectivity index is 1.76. The lowest BCUT2D eigenvalue weighted by Gasteiger charge is -2.34. The number of carbonyl (C=O) groups excluding carboxylic acids is 1. The van der Waals surface area contributed by atoms with Gasteiger partial charge in [-0.15, -0.1) is 0 Å². The van der Waals surface area contributed by atoms with Crippen LogP contribution in [0.3, 0.4) is 0 Å². The van der Waals surface area contributed by atoms with Crippen LogP contribution >= 0.6 is 0 Å². The molecule has 9 nitrogen and oxygen atoms in total. The molecular weight excluding hydrogens is 405 g/mol. The summed E-state index contributed by atoms with van der Waals surface area (Å²) in [6.07, 6.45) is 0. The number of nitro benzene ring substituents is 1. The van der Waals surface area contributed by atoms with E-state index in [4.69, 9.17) is 4.74 Å². The maximum absolute atomic E-state index is 13.4. The lowest BCUT2D eigenvalue weighted by atomic mass is 10.1. The highest BCUT2D eigenvalue weighted by Gasteiger charge is 2.32. The summed E-state index contributed by atoms with van der Waals surface area (Å²) in [6, 6.07) is 8.44. The molecule has 1 aliphatic heterocycles. The van der Waals surface area contributed by atoms with Gasteiger partial charge in [-0.3, -0.25) is 14.9 Å². The number of amides is 1. The smallest absolute Gasteiger partial charge is 0.270 e. The van der Waals surface area contributed by atoms with Crippen LogP contribution in [-0.4, -0.2) is 61.7 Å². The summed E-state index contributed by atoms with van der Waals surface area (Å²) in [7, 11) is -2.54. The van der Waals surface area contributed by atoms with Gasteiger partial charge in [0.25, 0.3) is 11.6 Å². The first-order valence-corrected chi connectivity index (χ1v) is 10.1. The minimum Gasteiger partial charge on any atom is -0.496 e. The zero-order valence-electron chi connectivity index (χ0n) is 15.4. The highest BCUT2D eigenvalue weighted by atomic mass is 32.2. The molecule has 1 heterocycles. The average molecular weight is 423 g/mol. The van der Waals surface area contributed by atoms with E-state index >= 15 is 0 Å². The number of hydrogen-bond acceptors (Lipinski definition) is 6. The molecule has 0 N–H and O–H groups in total. The van der Waals surface area contributed by atoms with Gasteiger partial charge in [-0.1, -0.05) is 6.07 Å². The number of nitrogens with zero attached hydrogens (tertiary/aromatic N) is 3. The molecule has 1 aliphatic rings. The van der Waals surface area contributed by atoms with Gasteiger partial charge in [-0.05, 0) is 24.3 Å². The van der Waals surface area contributed by atoms with E-state index in [0.29, 0.717) is 0 Å². The number of sulfonamides is 1. The van der Waals surface area contributed by atoms with Crippen LogP contribution in [0.4, 0.5) is 10.1 Å². The molecule has 154 valence electrons. The molecule has 0 saturated carbocycles. The largest absolute Gasteiger partial charge is 0.496 e. The summed E-state index contributed by atoms with van der Waals surface area (Å²) in [5.41, 5.74) is -0.218. The molecule has 0 bridgehead atoms. The molecular formula is C18H18FN3O6S. The Morgan fingerprint density at radius 2 is 1.83 bits per heavy atom. The second kappa shape index (κ2) is 8.13. The van der Waals surface area contributed by atoms with Gasteiger partial charge >= 0.3 is 0 Å². The van der Waals surface area contributed by atoms with Crippen molar-refractivity contribution in [3.8, 4) is 5.75 Å². The summed E-state index contributed by atoms with van der Waals surface area (Å²) in [5, 5.41) is 11.0. The van der Waals surface area contributed by atoms with E-state index < -0.39 is 26.7 Å². The van der Waals surface area contributed by atoms with Crippen LogP contribution in [-0.2, 0) is 10.0 Å². The first kappa shape index (κ1) is 20.7. The molecule has 3 rings (SSSR count). The standard InChI is InChI=1S/C18H18FN3O6S/c1-28-17-6-5-14(22(24)25)12-16(17)18(23)20-7-9-21(10-8-20)29(26,27)15-4-2-3-13(19)11-15/h2-6,11-12H,7-10H2,1H3. The van der Waals surface area contributed by atoms with E-state index in [9.17, 15) is 27.7 Å². The number of methoxy groups -OCH3 is 1. The van der Waals surface area contributed by atoms with Gasteiger partial charge in [-0.25, -0.2) is 12.8 Å². The normalized spacial score (nSPS) is 15.2. The van der Waals surface area contributed by atoms with Crippen molar-refractivity contribution in [2.24, 2.45) is 0 Å². The van der Waals surface area contributed by atoms with Crippen LogP contribution in [0.25, 0.3) is 0 Å². The number of carbonyl (C=O) groups is 1. The SMILES string of the molecule is COc1ccc([N+](=O)[O-])cc1C(=O)N1CCN(S(=O)(=O)c2cccc(F)c2)CC1. The number of ether oxygens (including phenoxy) is 1. The van der Waals surface area contributed by atoms with E-state index in [1.54, 1.807) is 0 Å². The van der Waals surface area contributed by atoms with E-state index in [0.717, 1.165) is 18.2 Å². The number of halogens is 1. The Morgan fingerprint density at radius 1 is 1.14 bits per heavy atom. The molecule has 0 aromatic heterocycles. The maximum atomic E-state index is 13.4. The third-order valence-electron chi connectivity index (χ3n) is 4.58. The van der Waals surface area contributed by atoms with Gasteiger partial charge in [-0.2, -0.15) is 4.31 Å². The van der Waals surface area contributed by atoms with E-state index in [2.05, 4.69) is 0 Å². The van der Waals surface area contributed by atoms with Crippen molar-refractivity contribution in [1.82, 2.24) is 9.21 Å². The van der Waals surface area contributed by atoms with Crippen molar-refractivity contribution >= 4 is 21.6 Å². The Hall–Kier alpha value is -3.05. The van der Waals surface area contributed by atoms with Gasteiger partial charge in [0.1, 0.15) is 11.6 Å². The van der Waals surface area contributed by atoms with Crippen molar-refractivity contribution in [2.75, 3.05) is 33.3 Å². The number of benzene rings is 2. The number of nitro groups is 1. The van der Waals surface area contributed by atoms with Crippen molar-refractivity contribution < 1.29 is 27.3 Å². The molecule has 1 amide bonds. The summed E-state index contributed by atoms with van der Waals surface area (Å²) in [5.74, 6) is -0.957. The third-order valence-corrected chi connectivity index (χ3v) is 6.48. The van der Waals surface area contributed by atoms with Gasteiger partial charge in [0, 0.05) is 38.3 Å². The molecule has 0 spiro atoms. The second-order valence-electron chi connectivity index (χ2n) is 6.30. The van der Waals surface area contributed by atoms with Crippen LogP contribution in [0.5, 0.6) is 5.75 Å². The predicted octanol–water partition coefficient (Wildman–Crippen LogP) is 1.89. The van der Waals surface area contributed by atoms with Crippen LogP contribution in [0, 0.1) is 15.9 Å². The van der Waals surface area contributed by atoms with Crippen molar-refractivity contribution in [1.29, 1.82) is 0 Å². The van der Waals surface area contributed by atoms with Crippen LogP contribution < -0.4 is 4.74 Å². The first-order valence-electron chi connectivity index (χ1n) is 8.61. The zero-order chi connectivity index (χ0) is 21.2. The summed E-state index contributed by atoms with van der Waals surface area (Å²) >= 11 is 0.